The molecule has 0 aromatic carbocycles. The maximum absolute atomic E-state index is 12.2. The summed E-state index contributed by atoms with van der Waals surface area (Å²) in [4.78, 5) is 0. The van der Waals surface area contributed by atoms with Gasteiger partial charge in [-0.25, -0.2) is 12.7 Å². The van der Waals surface area contributed by atoms with Crippen molar-refractivity contribution < 1.29 is 8.42 Å². The van der Waals surface area contributed by atoms with Crippen molar-refractivity contribution in [2.45, 2.75) is 20.8 Å². The molecule has 0 amide bonds. The van der Waals surface area contributed by atoms with Gasteiger partial charge in [0, 0.05) is 13.1 Å². The smallest absolute Gasteiger partial charge is 0.214 e. The molecule has 2 atom stereocenters. The molecule has 2 rings (SSSR count). The molecule has 2 fully saturated rings. The highest BCUT2D eigenvalue weighted by Gasteiger charge is 2.41. The number of sulfonamides is 1. The molecule has 0 spiro atoms. The molecule has 0 radical (unpaired) electrons. The molecule has 1 N–H and O–H groups in total. The summed E-state index contributed by atoms with van der Waals surface area (Å²) in [5, 5.41) is 3.32. The van der Waals surface area contributed by atoms with Crippen LogP contribution in [0.4, 0.5) is 0 Å². The van der Waals surface area contributed by atoms with Crippen LogP contribution < -0.4 is 5.32 Å². The molecule has 0 aliphatic carbocycles. The number of halogens is 1. The summed E-state index contributed by atoms with van der Waals surface area (Å²) in [6, 6.07) is 0. The van der Waals surface area contributed by atoms with Gasteiger partial charge in [0.25, 0.3) is 0 Å². The Balaban J connectivity index is 0.00000144. The fourth-order valence-corrected chi connectivity index (χ4v) is 4.79. The molecule has 102 valence electrons. The second-order valence-electron chi connectivity index (χ2n) is 6.31. The van der Waals surface area contributed by atoms with Crippen LogP contribution >= 0.6 is 12.4 Å². The van der Waals surface area contributed by atoms with Gasteiger partial charge in [-0.15, -0.1) is 12.4 Å². The van der Waals surface area contributed by atoms with Gasteiger partial charge in [-0.3, -0.25) is 0 Å². The second kappa shape index (κ2) is 5.03. The first-order valence-corrected chi connectivity index (χ1v) is 7.57. The largest absolute Gasteiger partial charge is 0.316 e. The standard InChI is InChI=1S/C11H22N2O2S.ClH/c1-11(2,3)8-16(14,15)13-6-9-4-12-5-10(9)7-13;/h9-10,12H,4-8H2,1-3H3;1H/t9-,10+;. The lowest BCUT2D eigenvalue weighted by Gasteiger charge is -2.24. The highest BCUT2D eigenvalue weighted by molar-refractivity contribution is 7.89. The molecule has 0 saturated carbocycles. The molecule has 0 aromatic heterocycles. The van der Waals surface area contributed by atoms with E-state index in [-0.39, 0.29) is 23.6 Å². The van der Waals surface area contributed by atoms with Crippen molar-refractivity contribution in [3.05, 3.63) is 0 Å². The Morgan fingerprint density at radius 2 is 1.65 bits per heavy atom. The van der Waals surface area contributed by atoms with Gasteiger partial charge in [0.05, 0.1) is 5.75 Å². The summed E-state index contributed by atoms with van der Waals surface area (Å²) in [5.41, 5.74) is -0.158. The highest BCUT2D eigenvalue weighted by Crippen LogP contribution is 2.30. The molecule has 2 heterocycles. The maximum atomic E-state index is 12.2. The lowest BCUT2D eigenvalue weighted by molar-refractivity contribution is 0.411. The van der Waals surface area contributed by atoms with Crippen molar-refractivity contribution >= 4 is 22.4 Å². The average molecular weight is 283 g/mol. The lowest BCUT2D eigenvalue weighted by Crippen LogP contribution is -2.37. The molecule has 6 heteroatoms. The van der Waals surface area contributed by atoms with Crippen LogP contribution in [0.15, 0.2) is 0 Å². The van der Waals surface area contributed by atoms with Gasteiger partial charge in [-0.1, -0.05) is 20.8 Å². The zero-order valence-corrected chi connectivity index (χ0v) is 12.4. The molecule has 4 nitrogen and oxygen atoms in total. The Morgan fingerprint density at radius 1 is 1.18 bits per heavy atom. The van der Waals surface area contributed by atoms with E-state index in [1.165, 1.54) is 0 Å². The summed E-state index contributed by atoms with van der Waals surface area (Å²) < 4.78 is 26.1. The van der Waals surface area contributed by atoms with Crippen LogP contribution in [0.25, 0.3) is 0 Å². The molecule has 0 aromatic rings. The third-order valence-electron chi connectivity index (χ3n) is 3.36. The van der Waals surface area contributed by atoms with Crippen molar-refractivity contribution in [1.82, 2.24) is 9.62 Å². The first-order chi connectivity index (χ1) is 7.28. The van der Waals surface area contributed by atoms with E-state index in [0.29, 0.717) is 11.8 Å². The highest BCUT2D eigenvalue weighted by atomic mass is 35.5. The van der Waals surface area contributed by atoms with Crippen LogP contribution in [-0.4, -0.2) is 44.7 Å². The summed E-state index contributed by atoms with van der Waals surface area (Å²) in [6.45, 7) is 9.32. The van der Waals surface area contributed by atoms with Gasteiger partial charge in [0.15, 0.2) is 0 Å². The Labute approximate surface area is 111 Å². The number of nitrogens with zero attached hydrogens (tertiary/aromatic N) is 1. The Bertz CT molecular complexity index is 352. The normalized spacial score (nSPS) is 30.1. The molecule has 0 unspecified atom stereocenters. The summed E-state index contributed by atoms with van der Waals surface area (Å²) in [7, 11) is -3.05. The first kappa shape index (κ1) is 15.2. The SMILES string of the molecule is CC(C)(C)CS(=O)(=O)N1C[C@H]2CNC[C@H]2C1.Cl. The van der Waals surface area contributed by atoms with E-state index < -0.39 is 10.0 Å². The summed E-state index contributed by atoms with van der Waals surface area (Å²) in [5.74, 6) is 1.33. The van der Waals surface area contributed by atoms with Crippen molar-refractivity contribution in [1.29, 1.82) is 0 Å². The Hall–Kier alpha value is 0.160. The zero-order valence-electron chi connectivity index (χ0n) is 10.8. The van der Waals surface area contributed by atoms with Gasteiger partial charge >= 0.3 is 0 Å². The van der Waals surface area contributed by atoms with Gasteiger partial charge in [-0.2, -0.15) is 0 Å². The van der Waals surface area contributed by atoms with Gasteiger partial charge in [-0.05, 0) is 30.3 Å². The predicted molar refractivity (Wildman–Crippen MR) is 71.9 cm³/mol. The van der Waals surface area contributed by atoms with E-state index in [1.807, 2.05) is 20.8 Å². The quantitative estimate of drug-likeness (QED) is 0.820. The van der Waals surface area contributed by atoms with E-state index in [2.05, 4.69) is 5.32 Å². The minimum Gasteiger partial charge on any atom is -0.316 e. The van der Waals surface area contributed by atoms with Gasteiger partial charge in [0.1, 0.15) is 0 Å². The van der Waals surface area contributed by atoms with E-state index >= 15 is 0 Å². The van der Waals surface area contributed by atoms with E-state index in [4.69, 9.17) is 0 Å². The molecular weight excluding hydrogens is 260 g/mol. The van der Waals surface area contributed by atoms with Crippen LogP contribution in [0.1, 0.15) is 20.8 Å². The van der Waals surface area contributed by atoms with E-state index in [9.17, 15) is 8.42 Å². The number of fused-ring (bicyclic) bond motifs is 1. The second-order valence-corrected chi connectivity index (χ2v) is 8.28. The van der Waals surface area contributed by atoms with Crippen molar-refractivity contribution in [2.24, 2.45) is 17.3 Å². The maximum Gasteiger partial charge on any atom is 0.214 e. The van der Waals surface area contributed by atoms with E-state index in [1.54, 1.807) is 4.31 Å². The average Bonchev–Trinajstić information content (AvgIpc) is 2.54. The zero-order chi connectivity index (χ0) is 12.0. The Kier molecular flexibility index (Phi) is 4.51. The van der Waals surface area contributed by atoms with Crippen LogP contribution in [0.2, 0.25) is 0 Å². The number of nitrogens with one attached hydrogen (secondary N) is 1. The fourth-order valence-electron chi connectivity index (χ4n) is 2.68. The Morgan fingerprint density at radius 3 is 2.06 bits per heavy atom. The number of hydrogen-bond acceptors (Lipinski definition) is 3. The topological polar surface area (TPSA) is 49.4 Å². The van der Waals surface area contributed by atoms with Crippen LogP contribution in [-0.2, 0) is 10.0 Å². The summed E-state index contributed by atoms with van der Waals surface area (Å²) in [6.07, 6.45) is 0. The molecule has 2 aliphatic rings. The first-order valence-electron chi connectivity index (χ1n) is 5.96. The fraction of sp³-hybridized carbons (Fsp3) is 1.00. The molecule has 2 saturated heterocycles. The minimum atomic E-state index is -3.05. The third kappa shape index (κ3) is 3.56. The predicted octanol–water partition coefficient (Wildman–Crippen LogP) is 0.935. The minimum absolute atomic E-state index is 0. The lowest BCUT2D eigenvalue weighted by atomic mass is 10.0. The van der Waals surface area contributed by atoms with E-state index in [0.717, 1.165) is 26.2 Å². The van der Waals surface area contributed by atoms with Crippen LogP contribution in [0.3, 0.4) is 0 Å². The molecule has 2 aliphatic heterocycles. The van der Waals surface area contributed by atoms with Crippen LogP contribution in [0.5, 0.6) is 0 Å². The van der Waals surface area contributed by atoms with Gasteiger partial charge < -0.3 is 5.32 Å². The molecule has 0 bridgehead atoms. The number of hydrogen-bond donors (Lipinski definition) is 1. The van der Waals surface area contributed by atoms with Crippen molar-refractivity contribution in [3.63, 3.8) is 0 Å². The molecule has 17 heavy (non-hydrogen) atoms. The summed E-state index contributed by atoms with van der Waals surface area (Å²) >= 11 is 0. The van der Waals surface area contributed by atoms with Crippen molar-refractivity contribution in [3.8, 4) is 0 Å². The van der Waals surface area contributed by atoms with Crippen molar-refractivity contribution in [2.75, 3.05) is 31.9 Å². The monoisotopic (exact) mass is 282 g/mol. The van der Waals surface area contributed by atoms with Gasteiger partial charge in [0.2, 0.25) is 10.0 Å². The van der Waals surface area contributed by atoms with Crippen LogP contribution in [0, 0.1) is 17.3 Å². The number of rotatable bonds is 2. The molecular formula is C11H23ClN2O2S. The third-order valence-corrected chi connectivity index (χ3v) is 5.68.